The number of carbonyl (C=O) groups is 3. The summed E-state index contributed by atoms with van der Waals surface area (Å²) in [6.45, 7) is 0.849. The monoisotopic (exact) mass is 460 g/mol. The lowest BCUT2D eigenvalue weighted by Crippen LogP contribution is -2.69. The van der Waals surface area contributed by atoms with Gasteiger partial charge in [0, 0.05) is 18.2 Å². The third-order valence-corrected chi connectivity index (χ3v) is 4.25. The van der Waals surface area contributed by atoms with Gasteiger partial charge in [0.05, 0.1) is 0 Å². The number of tetrazole rings is 1. The number of nitrogens with zero attached hydrogens (tertiary/aromatic N) is 3. The number of hydrogen-bond donors (Lipinski definition) is 6. The Labute approximate surface area is 185 Å². The summed E-state index contributed by atoms with van der Waals surface area (Å²) in [5, 5.41) is 27.9. The molecule has 33 heavy (non-hydrogen) atoms. The van der Waals surface area contributed by atoms with Gasteiger partial charge >= 0.3 is 6.03 Å². The van der Waals surface area contributed by atoms with E-state index in [0.29, 0.717) is 5.56 Å². The van der Waals surface area contributed by atoms with Crippen LogP contribution in [-0.4, -0.2) is 68.7 Å². The molecule has 6 N–H and O–H groups in total. The lowest BCUT2D eigenvalue weighted by Gasteiger charge is -2.36. The molecule has 0 saturated heterocycles. The zero-order valence-corrected chi connectivity index (χ0v) is 17.2. The molecule has 1 unspecified atom stereocenters. The fourth-order valence-corrected chi connectivity index (χ4v) is 2.44. The van der Waals surface area contributed by atoms with Crippen LogP contribution in [0.3, 0.4) is 0 Å². The summed E-state index contributed by atoms with van der Waals surface area (Å²) in [4.78, 5) is 36.3. The predicted molar refractivity (Wildman–Crippen MR) is 108 cm³/mol. The van der Waals surface area contributed by atoms with Crippen LogP contribution >= 0.6 is 0 Å². The molecule has 0 aliphatic carbocycles. The van der Waals surface area contributed by atoms with Gasteiger partial charge in [-0.2, -0.15) is 5.21 Å². The average Bonchev–Trinajstić information content (AvgIpc) is 3.33. The van der Waals surface area contributed by atoms with Gasteiger partial charge in [-0.25, -0.2) is 19.1 Å². The van der Waals surface area contributed by atoms with E-state index in [2.05, 4.69) is 54.9 Å². The maximum atomic E-state index is 13.8. The van der Waals surface area contributed by atoms with Crippen LogP contribution in [0.4, 0.5) is 13.6 Å². The Morgan fingerprint density at radius 1 is 1.15 bits per heavy atom. The molecule has 0 aliphatic rings. The quantitative estimate of drug-likeness (QED) is 0.185. The number of rotatable bonds is 6. The van der Waals surface area contributed by atoms with Crippen LogP contribution in [0.25, 0.3) is 0 Å². The Kier molecular flexibility index (Phi) is 8.36. The minimum atomic E-state index is -3.29. The second kappa shape index (κ2) is 11.2. The zero-order valence-electron chi connectivity index (χ0n) is 17.2. The number of H-pyrrole nitrogens is 1. The maximum Gasteiger partial charge on any atom is 0.315 e. The average molecular weight is 460 g/mol. The highest BCUT2D eigenvalue weighted by Gasteiger charge is 2.48. The van der Waals surface area contributed by atoms with Gasteiger partial charge < -0.3 is 16.0 Å². The molecule has 1 aromatic carbocycles. The van der Waals surface area contributed by atoms with Gasteiger partial charge in [-0.3, -0.25) is 14.8 Å². The molecule has 4 amide bonds. The first-order valence-corrected chi connectivity index (χ1v) is 9.09. The van der Waals surface area contributed by atoms with Crippen LogP contribution < -0.4 is 21.4 Å². The standard InChI is InChI=1S/C19H18F2N8O4/c1-19(17(20)21,24-18(32)22-2)14(16(31)27-33)23-15(30)12-9-7-11(8-10-12)5-3-4-6-13-25-28-29-26-13/h7-10,14,17,33H,1-2H3,(H,23,30)(H,27,31)(H2,22,24,32)(H,25,26,28,29)/t14-,19?/m1/s1. The summed E-state index contributed by atoms with van der Waals surface area (Å²) in [5.74, 6) is 8.23. The van der Waals surface area contributed by atoms with E-state index in [0.717, 1.165) is 6.92 Å². The molecule has 0 radical (unpaired) electrons. The summed E-state index contributed by atoms with van der Waals surface area (Å²) in [6.07, 6.45) is -3.29. The smallest absolute Gasteiger partial charge is 0.315 e. The topological polar surface area (TPSA) is 174 Å². The highest BCUT2D eigenvalue weighted by Crippen LogP contribution is 2.21. The van der Waals surface area contributed by atoms with Crippen molar-refractivity contribution in [2.45, 2.75) is 24.9 Å². The van der Waals surface area contributed by atoms with Gasteiger partial charge in [0.1, 0.15) is 11.6 Å². The van der Waals surface area contributed by atoms with Crippen molar-refractivity contribution >= 4 is 17.8 Å². The van der Waals surface area contributed by atoms with Crippen molar-refractivity contribution in [1.82, 2.24) is 42.1 Å². The highest BCUT2D eigenvalue weighted by atomic mass is 19.3. The van der Waals surface area contributed by atoms with Gasteiger partial charge in [-0.1, -0.05) is 11.0 Å². The van der Waals surface area contributed by atoms with Gasteiger partial charge in [0.15, 0.2) is 0 Å². The number of alkyl halides is 2. The number of aromatic nitrogens is 4. The van der Waals surface area contributed by atoms with E-state index < -0.39 is 35.9 Å². The SMILES string of the molecule is CNC(=O)NC(C)(C(F)F)[C@H](NC(=O)c1ccc(C#CC#Cc2nn[nH]n2)cc1)C(=O)NO. The Morgan fingerprint density at radius 3 is 2.36 bits per heavy atom. The molecule has 0 spiro atoms. The number of nitrogens with one attached hydrogen (secondary N) is 5. The van der Waals surface area contributed by atoms with Crippen molar-refractivity contribution in [3.63, 3.8) is 0 Å². The normalized spacial score (nSPS) is 12.7. The van der Waals surface area contributed by atoms with Crippen molar-refractivity contribution in [2.24, 2.45) is 0 Å². The van der Waals surface area contributed by atoms with E-state index in [4.69, 9.17) is 5.21 Å². The van der Waals surface area contributed by atoms with Crippen LogP contribution in [-0.2, 0) is 4.79 Å². The van der Waals surface area contributed by atoms with E-state index in [1.165, 1.54) is 36.8 Å². The van der Waals surface area contributed by atoms with Crippen LogP contribution in [0.1, 0.15) is 28.7 Å². The fourth-order valence-electron chi connectivity index (χ4n) is 2.44. The van der Waals surface area contributed by atoms with Crippen molar-refractivity contribution in [3.05, 3.63) is 41.2 Å². The molecule has 172 valence electrons. The molecule has 12 nitrogen and oxygen atoms in total. The number of amides is 4. The van der Waals surface area contributed by atoms with Gasteiger partial charge in [-0.15, -0.1) is 5.10 Å². The van der Waals surface area contributed by atoms with Crippen LogP contribution in [0, 0.1) is 23.7 Å². The van der Waals surface area contributed by atoms with Crippen molar-refractivity contribution in [2.75, 3.05) is 7.05 Å². The van der Waals surface area contributed by atoms with Gasteiger partial charge in [-0.05, 0) is 54.2 Å². The molecule has 2 atom stereocenters. The Morgan fingerprint density at radius 2 is 1.82 bits per heavy atom. The first-order chi connectivity index (χ1) is 15.7. The van der Waals surface area contributed by atoms with Crippen molar-refractivity contribution < 1.29 is 28.4 Å². The largest absolute Gasteiger partial charge is 0.341 e. The fraction of sp³-hybridized carbons (Fsp3) is 0.263. The lowest BCUT2D eigenvalue weighted by molar-refractivity contribution is -0.135. The summed E-state index contributed by atoms with van der Waals surface area (Å²) in [7, 11) is 1.18. The molecular formula is C19H18F2N8O4. The Bertz CT molecular complexity index is 1120. The molecule has 1 heterocycles. The minimum Gasteiger partial charge on any atom is -0.341 e. The van der Waals surface area contributed by atoms with Crippen molar-refractivity contribution in [3.8, 4) is 23.7 Å². The van der Waals surface area contributed by atoms with E-state index in [-0.39, 0.29) is 11.4 Å². The summed E-state index contributed by atoms with van der Waals surface area (Å²) < 4.78 is 27.6. The zero-order chi connectivity index (χ0) is 24.4. The molecule has 0 bridgehead atoms. The van der Waals surface area contributed by atoms with Crippen LogP contribution in [0.2, 0.25) is 0 Å². The van der Waals surface area contributed by atoms with Gasteiger partial charge in [0.25, 0.3) is 18.2 Å². The molecule has 0 saturated carbocycles. The first-order valence-electron chi connectivity index (χ1n) is 9.09. The number of benzene rings is 1. The van der Waals surface area contributed by atoms with Crippen LogP contribution in [0.15, 0.2) is 24.3 Å². The maximum absolute atomic E-state index is 13.8. The Hall–Kier alpha value is -4.56. The van der Waals surface area contributed by atoms with E-state index >= 15 is 0 Å². The molecule has 14 heteroatoms. The number of carbonyl (C=O) groups excluding carboxylic acids is 3. The molecular weight excluding hydrogens is 442 g/mol. The number of halogens is 2. The third kappa shape index (κ3) is 6.46. The highest BCUT2D eigenvalue weighted by molar-refractivity contribution is 5.98. The minimum absolute atomic E-state index is 0.00531. The van der Waals surface area contributed by atoms with E-state index in [1.54, 1.807) is 0 Å². The molecule has 0 fully saturated rings. The van der Waals surface area contributed by atoms with Gasteiger partial charge in [0.2, 0.25) is 5.82 Å². The van der Waals surface area contributed by atoms with Crippen LogP contribution in [0.5, 0.6) is 0 Å². The molecule has 1 aromatic heterocycles. The molecule has 0 aliphatic heterocycles. The van der Waals surface area contributed by atoms with E-state index in [9.17, 15) is 23.2 Å². The second-order valence-corrected chi connectivity index (χ2v) is 6.48. The Balaban J connectivity index is 2.19. The number of urea groups is 1. The third-order valence-electron chi connectivity index (χ3n) is 4.25. The number of hydrogen-bond acceptors (Lipinski definition) is 7. The second-order valence-electron chi connectivity index (χ2n) is 6.48. The predicted octanol–water partition coefficient (Wildman–Crippen LogP) is -0.840. The van der Waals surface area contributed by atoms with E-state index in [1.807, 2.05) is 5.32 Å². The lowest BCUT2D eigenvalue weighted by atomic mass is 9.91. The van der Waals surface area contributed by atoms with Crippen molar-refractivity contribution in [1.29, 1.82) is 0 Å². The molecule has 2 rings (SSSR count). The number of aromatic amines is 1. The molecule has 2 aromatic rings. The first kappa shape index (κ1) is 24.7. The number of hydroxylamine groups is 1. The summed E-state index contributed by atoms with van der Waals surface area (Å²) in [5.41, 5.74) is -0.844. The summed E-state index contributed by atoms with van der Waals surface area (Å²) in [6, 6.07) is 2.57. The summed E-state index contributed by atoms with van der Waals surface area (Å²) >= 11 is 0.